The largest absolute Gasteiger partial charge is 0.478 e. The van der Waals surface area contributed by atoms with Gasteiger partial charge in [-0.25, -0.2) is 17.9 Å². The SMILES string of the molecule is CC(CO)C(C)NS(=O)(=O)c1ccc(Br)c(C(=O)O)c1. The molecule has 6 nitrogen and oxygen atoms in total. The van der Waals surface area contributed by atoms with Gasteiger partial charge in [-0.05, 0) is 47.0 Å². The molecular formula is C12H16BrNO5S. The van der Waals surface area contributed by atoms with Crippen molar-refractivity contribution in [1.82, 2.24) is 4.72 Å². The highest BCUT2D eigenvalue weighted by molar-refractivity contribution is 9.10. The van der Waals surface area contributed by atoms with E-state index in [1.54, 1.807) is 13.8 Å². The summed E-state index contributed by atoms with van der Waals surface area (Å²) in [6, 6.07) is 3.31. The van der Waals surface area contributed by atoms with Gasteiger partial charge in [0.05, 0.1) is 10.5 Å². The average Bonchev–Trinajstić information content (AvgIpc) is 2.36. The predicted molar refractivity (Wildman–Crippen MR) is 77.1 cm³/mol. The fourth-order valence-corrected chi connectivity index (χ4v) is 3.22. The first-order chi connectivity index (χ1) is 9.19. The zero-order valence-electron chi connectivity index (χ0n) is 11.0. The third-order valence-corrected chi connectivity index (χ3v) is 5.21. The maximum absolute atomic E-state index is 12.1. The van der Waals surface area contributed by atoms with Crippen molar-refractivity contribution >= 4 is 31.9 Å². The summed E-state index contributed by atoms with van der Waals surface area (Å²) in [5, 5.41) is 18.0. The molecule has 0 saturated heterocycles. The highest BCUT2D eigenvalue weighted by Gasteiger charge is 2.22. The van der Waals surface area contributed by atoms with Crippen LogP contribution in [0.15, 0.2) is 27.6 Å². The molecule has 0 fully saturated rings. The van der Waals surface area contributed by atoms with Gasteiger partial charge < -0.3 is 10.2 Å². The van der Waals surface area contributed by atoms with Gasteiger partial charge in [-0.1, -0.05) is 6.92 Å². The number of aromatic carboxylic acids is 1. The number of carboxylic acid groups (broad SMARTS) is 1. The average molecular weight is 366 g/mol. The van der Waals surface area contributed by atoms with Gasteiger partial charge in [0, 0.05) is 17.1 Å². The standard InChI is InChI=1S/C12H16BrNO5S/c1-7(6-15)8(2)14-20(18,19)9-3-4-11(13)10(5-9)12(16)17/h3-5,7-8,14-15H,6H2,1-2H3,(H,16,17). The lowest BCUT2D eigenvalue weighted by molar-refractivity contribution is 0.0695. The number of benzene rings is 1. The van der Waals surface area contributed by atoms with Crippen LogP contribution in [0.1, 0.15) is 24.2 Å². The molecule has 0 heterocycles. The van der Waals surface area contributed by atoms with Gasteiger partial charge in [0.1, 0.15) is 0 Å². The number of aliphatic hydroxyl groups excluding tert-OH is 1. The maximum Gasteiger partial charge on any atom is 0.336 e. The number of hydrogen-bond acceptors (Lipinski definition) is 4. The molecule has 0 bridgehead atoms. The van der Waals surface area contributed by atoms with Crippen molar-refractivity contribution in [3.8, 4) is 0 Å². The van der Waals surface area contributed by atoms with E-state index in [0.717, 1.165) is 6.07 Å². The van der Waals surface area contributed by atoms with E-state index >= 15 is 0 Å². The van der Waals surface area contributed by atoms with Crippen LogP contribution in [-0.4, -0.2) is 37.2 Å². The topological polar surface area (TPSA) is 104 Å². The summed E-state index contributed by atoms with van der Waals surface area (Å²) in [5.74, 6) is -1.47. The molecule has 1 aromatic rings. The molecule has 8 heteroatoms. The van der Waals surface area contributed by atoms with E-state index in [1.807, 2.05) is 0 Å². The van der Waals surface area contributed by atoms with Crippen LogP contribution in [-0.2, 0) is 10.0 Å². The minimum Gasteiger partial charge on any atom is -0.478 e. The van der Waals surface area contributed by atoms with Crippen LogP contribution in [0.3, 0.4) is 0 Å². The Morgan fingerprint density at radius 2 is 2.00 bits per heavy atom. The molecule has 0 spiro atoms. The summed E-state index contributed by atoms with van der Waals surface area (Å²) in [5.41, 5.74) is -0.129. The van der Waals surface area contributed by atoms with Gasteiger partial charge in [0.15, 0.2) is 0 Å². The normalized spacial score (nSPS) is 14.8. The number of carboxylic acids is 1. The third kappa shape index (κ3) is 4.02. The van der Waals surface area contributed by atoms with Crippen molar-refractivity contribution < 1.29 is 23.4 Å². The number of halogens is 1. The first-order valence-corrected chi connectivity index (χ1v) is 8.12. The predicted octanol–water partition coefficient (Wildman–Crippen LogP) is 1.44. The summed E-state index contributed by atoms with van der Waals surface area (Å²) in [4.78, 5) is 10.9. The van der Waals surface area contributed by atoms with Crippen molar-refractivity contribution in [3.05, 3.63) is 28.2 Å². The molecule has 0 amide bonds. The van der Waals surface area contributed by atoms with Crippen molar-refractivity contribution in [3.63, 3.8) is 0 Å². The van der Waals surface area contributed by atoms with E-state index in [9.17, 15) is 13.2 Å². The van der Waals surface area contributed by atoms with E-state index < -0.39 is 22.0 Å². The molecule has 2 atom stereocenters. The summed E-state index contributed by atoms with van der Waals surface area (Å²) in [7, 11) is -3.83. The van der Waals surface area contributed by atoms with Crippen molar-refractivity contribution in [2.75, 3.05) is 6.61 Å². The van der Waals surface area contributed by atoms with Gasteiger partial charge in [0.2, 0.25) is 10.0 Å². The molecule has 0 aromatic heterocycles. The molecule has 0 saturated carbocycles. The smallest absolute Gasteiger partial charge is 0.336 e. The van der Waals surface area contributed by atoms with Gasteiger partial charge in [-0.15, -0.1) is 0 Å². The molecular weight excluding hydrogens is 350 g/mol. The van der Waals surface area contributed by atoms with Crippen LogP contribution in [0.25, 0.3) is 0 Å². The van der Waals surface area contributed by atoms with Gasteiger partial charge >= 0.3 is 5.97 Å². The number of rotatable bonds is 6. The Balaban J connectivity index is 3.10. The molecule has 1 aromatic carbocycles. The molecule has 2 unspecified atom stereocenters. The van der Waals surface area contributed by atoms with Gasteiger partial charge in [-0.2, -0.15) is 0 Å². The molecule has 0 radical (unpaired) electrons. The lowest BCUT2D eigenvalue weighted by Crippen LogP contribution is -2.38. The third-order valence-electron chi connectivity index (χ3n) is 2.96. The number of nitrogens with one attached hydrogen (secondary N) is 1. The lowest BCUT2D eigenvalue weighted by atomic mass is 10.1. The number of sulfonamides is 1. The van der Waals surface area contributed by atoms with E-state index in [2.05, 4.69) is 20.7 Å². The minimum absolute atomic E-state index is 0.129. The first-order valence-electron chi connectivity index (χ1n) is 5.85. The summed E-state index contributed by atoms with van der Waals surface area (Å²) >= 11 is 3.05. The van der Waals surface area contributed by atoms with Crippen LogP contribution in [0, 0.1) is 5.92 Å². The number of aliphatic hydroxyl groups is 1. The highest BCUT2D eigenvalue weighted by Crippen LogP contribution is 2.21. The molecule has 0 aliphatic heterocycles. The van der Waals surface area contributed by atoms with Crippen LogP contribution >= 0.6 is 15.9 Å². The van der Waals surface area contributed by atoms with Crippen molar-refractivity contribution in [1.29, 1.82) is 0 Å². The zero-order valence-corrected chi connectivity index (χ0v) is 13.4. The summed E-state index contributed by atoms with van der Waals surface area (Å²) in [6.07, 6.45) is 0. The van der Waals surface area contributed by atoms with Crippen LogP contribution in [0.4, 0.5) is 0 Å². The molecule has 20 heavy (non-hydrogen) atoms. The highest BCUT2D eigenvalue weighted by atomic mass is 79.9. The van der Waals surface area contributed by atoms with E-state index in [1.165, 1.54) is 12.1 Å². The van der Waals surface area contributed by atoms with Gasteiger partial charge in [-0.3, -0.25) is 0 Å². The van der Waals surface area contributed by atoms with Gasteiger partial charge in [0.25, 0.3) is 0 Å². The minimum atomic E-state index is -3.83. The second-order valence-electron chi connectivity index (χ2n) is 4.52. The molecule has 1 rings (SSSR count). The summed E-state index contributed by atoms with van der Waals surface area (Å²) < 4.78 is 27.0. The van der Waals surface area contributed by atoms with Crippen LogP contribution < -0.4 is 4.72 Å². The van der Waals surface area contributed by atoms with E-state index in [-0.39, 0.29) is 23.0 Å². The molecule has 0 aliphatic carbocycles. The van der Waals surface area contributed by atoms with E-state index in [0.29, 0.717) is 4.47 Å². The maximum atomic E-state index is 12.1. The first kappa shape index (κ1) is 17.1. The Morgan fingerprint density at radius 3 is 2.50 bits per heavy atom. The quantitative estimate of drug-likeness (QED) is 0.707. The number of hydrogen-bond donors (Lipinski definition) is 3. The second-order valence-corrected chi connectivity index (χ2v) is 7.08. The lowest BCUT2D eigenvalue weighted by Gasteiger charge is -2.19. The fraction of sp³-hybridized carbons (Fsp3) is 0.417. The zero-order chi connectivity index (χ0) is 15.5. The Kier molecular flexibility index (Phi) is 5.69. The van der Waals surface area contributed by atoms with Crippen LogP contribution in [0.2, 0.25) is 0 Å². The Bertz CT molecular complexity index is 602. The van der Waals surface area contributed by atoms with E-state index in [4.69, 9.17) is 10.2 Å². The Morgan fingerprint density at radius 1 is 1.40 bits per heavy atom. The monoisotopic (exact) mass is 365 g/mol. The summed E-state index contributed by atoms with van der Waals surface area (Å²) in [6.45, 7) is 3.19. The molecule has 0 aliphatic rings. The number of carbonyl (C=O) groups is 1. The Labute approximate surface area is 126 Å². The Hall–Kier alpha value is -0.960. The second kappa shape index (κ2) is 6.66. The molecule has 3 N–H and O–H groups in total. The fourth-order valence-electron chi connectivity index (χ4n) is 1.42. The van der Waals surface area contributed by atoms with Crippen molar-refractivity contribution in [2.45, 2.75) is 24.8 Å². The van der Waals surface area contributed by atoms with Crippen molar-refractivity contribution in [2.24, 2.45) is 5.92 Å². The van der Waals surface area contributed by atoms with Crippen LogP contribution in [0.5, 0.6) is 0 Å². The molecule has 112 valence electrons.